The molecule has 4 rings (SSSR count). The molecule has 0 aromatic carbocycles. The number of rotatable bonds is 6. The van der Waals surface area contributed by atoms with Gasteiger partial charge in [0, 0.05) is 11.8 Å². The normalized spacial score (nSPS) is 37.7. The number of hydrogen-bond acceptors (Lipinski definition) is 5. The fraction of sp³-hybridized carbons (Fsp3) is 0.700. The van der Waals surface area contributed by atoms with E-state index >= 15 is 0 Å². The van der Waals surface area contributed by atoms with Crippen LogP contribution in [0.15, 0.2) is 24.3 Å². The summed E-state index contributed by atoms with van der Waals surface area (Å²) in [5.74, 6) is 0.412. The number of allylic oxidation sites excluding steroid dienone is 3. The molecule has 0 aliphatic heterocycles. The highest BCUT2D eigenvalue weighted by molar-refractivity contribution is 5.96. The van der Waals surface area contributed by atoms with Crippen LogP contribution >= 0.6 is 0 Å². The van der Waals surface area contributed by atoms with E-state index in [-0.39, 0.29) is 30.1 Å². The molecule has 0 radical (unpaired) electrons. The first-order valence-electron chi connectivity index (χ1n) is 9.16. The van der Waals surface area contributed by atoms with E-state index in [1.807, 2.05) is 6.92 Å². The van der Waals surface area contributed by atoms with Gasteiger partial charge in [0.05, 0.1) is 6.61 Å². The van der Waals surface area contributed by atoms with Gasteiger partial charge in [-0.2, -0.15) is 0 Å². The molecule has 5 atom stereocenters. The Kier molecular flexibility index (Phi) is 4.91. The van der Waals surface area contributed by atoms with Gasteiger partial charge in [0.2, 0.25) is 0 Å². The minimum atomic E-state index is -1.05. The van der Waals surface area contributed by atoms with Gasteiger partial charge in [-0.05, 0) is 55.4 Å². The SMILES string of the molecule is C=C1C[C@@]23C=CC(=O)[C@@](C)(CCC(=O)OCC(O)CO)[C@H]2C[C@@H]1CC3. The van der Waals surface area contributed by atoms with E-state index in [1.165, 1.54) is 5.57 Å². The highest BCUT2D eigenvalue weighted by Crippen LogP contribution is 2.64. The third kappa shape index (κ3) is 3.20. The van der Waals surface area contributed by atoms with Crippen molar-refractivity contribution in [2.24, 2.45) is 22.7 Å². The average Bonchev–Trinajstić information content (AvgIpc) is 2.61. The van der Waals surface area contributed by atoms with Crippen LogP contribution in [0, 0.1) is 22.7 Å². The van der Waals surface area contributed by atoms with Gasteiger partial charge in [-0.15, -0.1) is 0 Å². The summed E-state index contributed by atoms with van der Waals surface area (Å²) in [6, 6.07) is 0. The molecule has 5 heteroatoms. The average molecular weight is 348 g/mol. The lowest BCUT2D eigenvalue weighted by atomic mass is 9.44. The molecule has 2 bridgehead atoms. The van der Waals surface area contributed by atoms with Crippen molar-refractivity contribution in [3.05, 3.63) is 24.3 Å². The Labute approximate surface area is 148 Å². The van der Waals surface area contributed by atoms with Crippen LogP contribution in [0.5, 0.6) is 0 Å². The number of aliphatic hydroxyl groups is 2. The molecule has 0 saturated heterocycles. The maximum absolute atomic E-state index is 12.7. The Morgan fingerprint density at radius 3 is 2.96 bits per heavy atom. The topological polar surface area (TPSA) is 83.8 Å². The van der Waals surface area contributed by atoms with E-state index in [4.69, 9.17) is 9.84 Å². The number of carbonyl (C=O) groups is 2. The zero-order valence-corrected chi connectivity index (χ0v) is 14.9. The molecule has 0 heterocycles. The molecular weight excluding hydrogens is 320 g/mol. The van der Waals surface area contributed by atoms with Crippen molar-refractivity contribution in [3.8, 4) is 0 Å². The van der Waals surface area contributed by atoms with Crippen molar-refractivity contribution in [3.63, 3.8) is 0 Å². The number of fused-ring (bicyclic) bond motifs is 2. The summed E-state index contributed by atoms with van der Waals surface area (Å²) < 4.78 is 4.99. The Morgan fingerprint density at radius 2 is 2.28 bits per heavy atom. The second-order valence-corrected chi connectivity index (χ2v) is 8.23. The van der Waals surface area contributed by atoms with Crippen LogP contribution < -0.4 is 0 Å². The lowest BCUT2D eigenvalue weighted by Crippen LogP contribution is -2.54. The van der Waals surface area contributed by atoms with Crippen molar-refractivity contribution < 1.29 is 24.5 Å². The van der Waals surface area contributed by atoms with Crippen LogP contribution in [-0.4, -0.2) is 41.3 Å². The molecule has 2 N–H and O–H groups in total. The van der Waals surface area contributed by atoms with Crippen LogP contribution in [0.4, 0.5) is 0 Å². The van der Waals surface area contributed by atoms with Crippen LogP contribution in [0.3, 0.4) is 0 Å². The Hall–Kier alpha value is -1.46. The number of ketones is 1. The van der Waals surface area contributed by atoms with Crippen molar-refractivity contribution in [1.82, 2.24) is 0 Å². The Bertz CT molecular complexity index is 609. The monoisotopic (exact) mass is 348 g/mol. The predicted octanol–water partition coefficient (Wildman–Crippen LogP) is 2.17. The number of esters is 1. The van der Waals surface area contributed by atoms with E-state index in [0.717, 1.165) is 25.7 Å². The van der Waals surface area contributed by atoms with Gasteiger partial charge in [0.1, 0.15) is 12.7 Å². The van der Waals surface area contributed by atoms with Crippen LogP contribution in [0.2, 0.25) is 0 Å². The van der Waals surface area contributed by atoms with E-state index in [0.29, 0.717) is 12.3 Å². The van der Waals surface area contributed by atoms with Gasteiger partial charge in [-0.25, -0.2) is 0 Å². The molecule has 3 saturated carbocycles. The first-order valence-corrected chi connectivity index (χ1v) is 9.16. The molecule has 0 aromatic rings. The molecule has 0 amide bonds. The molecule has 1 spiro atoms. The highest BCUT2D eigenvalue weighted by atomic mass is 16.5. The molecule has 3 fully saturated rings. The number of aliphatic hydroxyl groups excluding tert-OH is 2. The molecule has 0 aromatic heterocycles. The largest absolute Gasteiger partial charge is 0.463 e. The van der Waals surface area contributed by atoms with Crippen molar-refractivity contribution in [2.75, 3.05) is 13.2 Å². The molecule has 5 nitrogen and oxygen atoms in total. The van der Waals surface area contributed by atoms with Crippen molar-refractivity contribution in [2.45, 2.75) is 51.6 Å². The summed E-state index contributed by atoms with van der Waals surface area (Å²) in [5.41, 5.74) is 0.773. The summed E-state index contributed by atoms with van der Waals surface area (Å²) >= 11 is 0. The second-order valence-electron chi connectivity index (χ2n) is 8.23. The fourth-order valence-electron chi connectivity index (χ4n) is 5.13. The molecule has 4 aliphatic rings. The van der Waals surface area contributed by atoms with Crippen LogP contribution in [0.1, 0.15) is 45.4 Å². The highest BCUT2D eigenvalue weighted by Gasteiger charge is 2.58. The van der Waals surface area contributed by atoms with Gasteiger partial charge < -0.3 is 14.9 Å². The predicted molar refractivity (Wildman–Crippen MR) is 92.6 cm³/mol. The van der Waals surface area contributed by atoms with Gasteiger partial charge >= 0.3 is 5.97 Å². The van der Waals surface area contributed by atoms with Crippen LogP contribution in [0.25, 0.3) is 0 Å². The lowest BCUT2D eigenvalue weighted by molar-refractivity contribution is -0.150. The lowest BCUT2D eigenvalue weighted by Gasteiger charge is -2.59. The molecule has 138 valence electrons. The quantitative estimate of drug-likeness (QED) is 0.568. The van der Waals surface area contributed by atoms with E-state index in [1.54, 1.807) is 6.08 Å². The van der Waals surface area contributed by atoms with E-state index in [9.17, 15) is 14.7 Å². The Morgan fingerprint density at radius 1 is 1.52 bits per heavy atom. The minimum absolute atomic E-state index is 0.0193. The number of hydrogen-bond donors (Lipinski definition) is 2. The van der Waals surface area contributed by atoms with Gasteiger partial charge in [0.25, 0.3) is 0 Å². The van der Waals surface area contributed by atoms with Crippen molar-refractivity contribution in [1.29, 1.82) is 0 Å². The summed E-state index contributed by atoms with van der Waals surface area (Å²) in [6.07, 6.45) is 7.54. The van der Waals surface area contributed by atoms with E-state index < -0.39 is 24.1 Å². The zero-order valence-electron chi connectivity index (χ0n) is 14.9. The first-order chi connectivity index (χ1) is 11.8. The third-order valence-corrected chi connectivity index (χ3v) is 6.70. The summed E-state index contributed by atoms with van der Waals surface area (Å²) in [4.78, 5) is 24.7. The molecular formula is C20H28O5. The minimum Gasteiger partial charge on any atom is -0.463 e. The summed E-state index contributed by atoms with van der Waals surface area (Å²) in [7, 11) is 0. The van der Waals surface area contributed by atoms with Gasteiger partial charge in [-0.1, -0.05) is 25.2 Å². The summed E-state index contributed by atoms with van der Waals surface area (Å²) in [6.45, 7) is 5.57. The first kappa shape index (κ1) is 18.3. The standard InChI is InChI=1S/C20H28O5/c1-13-10-20-7-3-14(13)9-16(20)19(2,17(23)4-8-20)6-5-18(24)25-12-15(22)11-21/h4,8,14-16,21-22H,1,3,5-7,9-12H2,2H3/t14-,15?,16+,19-,20+/m0/s1. The zero-order chi connectivity index (χ0) is 18.2. The van der Waals surface area contributed by atoms with E-state index in [2.05, 4.69) is 12.7 Å². The number of ether oxygens (including phenoxy) is 1. The van der Waals surface area contributed by atoms with Crippen LogP contribution in [-0.2, 0) is 14.3 Å². The van der Waals surface area contributed by atoms with Gasteiger partial charge in [0.15, 0.2) is 5.78 Å². The maximum atomic E-state index is 12.7. The molecule has 4 aliphatic carbocycles. The third-order valence-electron chi connectivity index (χ3n) is 6.70. The maximum Gasteiger partial charge on any atom is 0.305 e. The fourth-order valence-corrected chi connectivity index (χ4v) is 5.13. The smallest absolute Gasteiger partial charge is 0.305 e. The molecule has 25 heavy (non-hydrogen) atoms. The molecule has 1 unspecified atom stereocenters. The summed E-state index contributed by atoms with van der Waals surface area (Å²) in [5, 5.41) is 18.0. The second kappa shape index (κ2) is 6.69. The Balaban J connectivity index is 1.70. The number of carbonyl (C=O) groups excluding carboxylic acids is 2. The van der Waals surface area contributed by atoms with Crippen molar-refractivity contribution >= 4 is 11.8 Å². The van der Waals surface area contributed by atoms with Gasteiger partial charge in [-0.3, -0.25) is 9.59 Å².